The van der Waals surface area contributed by atoms with Gasteiger partial charge in [-0.05, 0) is 25.5 Å². The van der Waals surface area contributed by atoms with E-state index in [4.69, 9.17) is 4.52 Å². The summed E-state index contributed by atoms with van der Waals surface area (Å²) in [6.45, 7) is 3.79. The minimum atomic E-state index is -4.40. The van der Waals surface area contributed by atoms with Crippen molar-refractivity contribution >= 4 is 11.7 Å². The lowest BCUT2D eigenvalue weighted by Gasteiger charge is -2.22. The van der Waals surface area contributed by atoms with Crippen molar-refractivity contribution in [1.82, 2.24) is 15.0 Å². The van der Waals surface area contributed by atoms with Crippen LogP contribution in [-0.2, 0) is 6.18 Å². The molecule has 2 aromatic rings. The summed E-state index contributed by atoms with van der Waals surface area (Å²) in [5, 5.41) is 3.73. The van der Waals surface area contributed by atoms with Crippen molar-refractivity contribution in [2.24, 2.45) is 0 Å². The molecule has 0 N–H and O–H groups in total. The van der Waals surface area contributed by atoms with Crippen LogP contribution in [0.1, 0.15) is 28.2 Å². The fourth-order valence-electron chi connectivity index (χ4n) is 2.72. The Bertz CT molecular complexity index is 743. The van der Waals surface area contributed by atoms with Crippen LogP contribution in [0, 0.1) is 6.92 Å². The third-order valence-electron chi connectivity index (χ3n) is 4.03. The van der Waals surface area contributed by atoms with Crippen molar-refractivity contribution < 1.29 is 22.5 Å². The van der Waals surface area contributed by atoms with E-state index in [-0.39, 0.29) is 11.6 Å². The lowest BCUT2D eigenvalue weighted by Crippen LogP contribution is -2.35. The van der Waals surface area contributed by atoms with Crippen LogP contribution in [0.15, 0.2) is 28.9 Å². The topological polar surface area (TPSA) is 62.5 Å². The lowest BCUT2D eigenvalue weighted by molar-refractivity contribution is -0.137. The molecule has 0 aromatic carbocycles. The Balaban J connectivity index is 1.66. The van der Waals surface area contributed by atoms with Gasteiger partial charge in [0.1, 0.15) is 11.6 Å². The van der Waals surface area contributed by atoms with Gasteiger partial charge in [-0.15, -0.1) is 0 Å². The Morgan fingerprint density at radius 2 is 2.00 bits per heavy atom. The zero-order valence-corrected chi connectivity index (χ0v) is 13.6. The number of carbonyl (C=O) groups excluding carboxylic acids is 1. The predicted octanol–water partition coefficient (Wildman–Crippen LogP) is 2.75. The molecule has 0 unspecified atom stereocenters. The maximum absolute atomic E-state index is 12.6. The van der Waals surface area contributed by atoms with Crippen molar-refractivity contribution in [2.75, 3.05) is 31.1 Å². The molecule has 25 heavy (non-hydrogen) atoms. The summed E-state index contributed by atoms with van der Waals surface area (Å²) >= 11 is 0. The van der Waals surface area contributed by atoms with E-state index in [1.54, 1.807) is 17.9 Å². The lowest BCUT2D eigenvalue weighted by atomic mass is 10.2. The smallest absolute Gasteiger partial charge is 0.361 e. The van der Waals surface area contributed by atoms with Crippen LogP contribution in [0.4, 0.5) is 19.0 Å². The van der Waals surface area contributed by atoms with Gasteiger partial charge in [-0.1, -0.05) is 5.16 Å². The van der Waals surface area contributed by atoms with Gasteiger partial charge >= 0.3 is 6.18 Å². The maximum Gasteiger partial charge on any atom is 0.417 e. The van der Waals surface area contributed by atoms with E-state index >= 15 is 0 Å². The minimum Gasteiger partial charge on any atom is -0.361 e. The summed E-state index contributed by atoms with van der Waals surface area (Å²) in [4.78, 5) is 19.9. The van der Waals surface area contributed by atoms with Gasteiger partial charge in [-0.3, -0.25) is 4.79 Å². The number of amides is 1. The number of nitrogens with zero attached hydrogens (tertiary/aromatic N) is 4. The molecular weight excluding hydrogens is 337 g/mol. The van der Waals surface area contributed by atoms with E-state index in [9.17, 15) is 18.0 Å². The molecule has 1 amide bonds. The second-order valence-corrected chi connectivity index (χ2v) is 5.86. The molecule has 3 heterocycles. The molecule has 1 aliphatic heterocycles. The van der Waals surface area contributed by atoms with Gasteiger partial charge in [-0.2, -0.15) is 13.2 Å². The Labute approximate surface area is 142 Å². The van der Waals surface area contributed by atoms with Crippen molar-refractivity contribution in [2.45, 2.75) is 19.5 Å². The van der Waals surface area contributed by atoms with Gasteiger partial charge in [0.25, 0.3) is 5.91 Å². The highest BCUT2D eigenvalue weighted by atomic mass is 19.4. The molecule has 1 fully saturated rings. The Kier molecular flexibility index (Phi) is 4.65. The minimum absolute atomic E-state index is 0.209. The van der Waals surface area contributed by atoms with Gasteiger partial charge in [-0.25, -0.2) is 4.98 Å². The molecule has 1 aliphatic rings. The molecule has 2 aromatic heterocycles. The maximum atomic E-state index is 12.6. The molecule has 1 saturated heterocycles. The first-order valence-electron chi connectivity index (χ1n) is 7.85. The Hall–Kier alpha value is -2.58. The van der Waals surface area contributed by atoms with Gasteiger partial charge in [0.05, 0.1) is 5.56 Å². The van der Waals surface area contributed by atoms with Gasteiger partial charge in [0.2, 0.25) is 0 Å². The number of aryl methyl sites for hydroxylation is 1. The van der Waals surface area contributed by atoms with Crippen LogP contribution < -0.4 is 4.90 Å². The fourth-order valence-corrected chi connectivity index (χ4v) is 2.72. The molecular formula is C16H17F3N4O2. The van der Waals surface area contributed by atoms with Crippen LogP contribution in [-0.4, -0.2) is 47.1 Å². The zero-order chi connectivity index (χ0) is 18.0. The molecule has 0 saturated carbocycles. The van der Waals surface area contributed by atoms with Crippen LogP contribution >= 0.6 is 0 Å². The van der Waals surface area contributed by atoms with Crippen LogP contribution in [0.3, 0.4) is 0 Å². The van der Waals surface area contributed by atoms with E-state index in [1.807, 2.05) is 4.90 Å². The predicted molar refractivity (Wildman–Crippen MR) is 83.2 cm³/mol. The highest BCUT2D eigenvalue weighted by Crippen LogP contribution is 2.29. The molecule has 0 spiro atoms. The number of halogens is 3. The normalized spacial score (nSPS) is 16.0. The largest absolute Gasteiger partial charge is 0.417 e. The third-order valence-corrected chi connectivity index (χ3v) is 4.03. The number of pyridine rings is 1. The van der Waals surface area contributed by atoms with Crippen molar-refractivity contribution in [3.05, 3.63) is 41.4 Å². The molecule has 134 valence electrons. The van der Waals surface area contributed by atoms with E-state index in [0.29, 0.717) is 44.2 Å². The van der Waals surface area contributed by atoms with Crippen molar-refractivity contribution in [3.8, 4) is 0 Å². The van der Waals surface area contributed by atoms with E-state index < -0.39 is 11.7 Å². The summed E-state index contributed by atoms with van der Waals surface area (Å²) in [5.41, 5.74) is -0.511. The van der Waals surface area contributed by atoms with Gasteiger partial charge < -0.3 is 14.3 Å². The van der Waals surface area contributed by atoms with E-state index in [0.717, 1.165) is 12.3 Å². The Morgan fingerprint density at radius 1 is 1.20 bits per heavy atom. The SMILES string of the molecule is Cc1cc(C(=O)N2CCCN(c3ccc(C(F)(F)F)cn3)CC2)no1. The molecule has 0 atom stereocenters. The highest BCUT2D eigenvalue weighted by Gasteiger charge is 2.31. The standard InChI is InChI=1S/C16H17F3N4O2/c1-11-9-13(21-25-11)15(24)23-6-2-5-22(7-8-23)14-4-3-12(10-20-14)16(17,18)19/h3-4,9-10H,2,5-8H2,1H3. The first kappa shape index (κ1) is 17.2. The second-order valence-electron chi connectivity index (χ2n) is 5.86. The quantitative estimate of drug-likeness (QED) is 0.830. The second kappa shape index (κ2) is 6.73. The first-order chi connectivity index (χ1) is 11.8. The average Bonchev–Trinajstić information content (AvgIpc) is 2.86. The summed E-state index contributed by atoms with van der Waals surface area (Å²) in [5.74, 6) is 0.826. The summed E-state index contributed by atoms with van der Waals surface area (Å²) in [6, 6.07) is 3.97. The van der Waals surface area contributed by atoms with Gasteiger partial charge in [0.15, 0.2) is 5.69 Å². The number of alkyl halides is 3. The average molecular weight is 354 g/mol. The number of hydrogen-bond donors (Lipinski definition) is 0. The Morgan fingerprint density at radius 3 is 2.60 bits per heavy atom. The van der Waals surface area contributed by atoms with Crippen LogP contribution in [0.2, 0.25) is 0 Å². The third kappa shape index (κ3) is 3.92. The number of rotatable bonds is 2. The summed E-state index contributed by atoms with van der Waals surface area (Å²) in [7, 11) is 0. The monoisotopic (exact) mass is 354 g/mol. The van der Waals surface area contributed by atoms with Crippen molar-refractivity contribution in [3.63, 3.8) is 0 Å². The molecule has 9 heteroatoms. The number of hydrogen-bond acceptors (Lipinski definition) is 5. The van der Waals surface area contributed by atoms with E-state index in [2.05, 4.69) is 10.1 Å². The molecule has 3 rings (SSSR count). The molecule has 6 nitrogen and oxygen atoms in total. The number of anilines is 1. The summed E-state index contributed by atoms with van der Waals surface area (Å²) < 4.78 is 42.8. The zero-order valence-electron chi connectivity index (χ0n) is 13.6. The molecule has 0 bridgehead atoms. The van der Waals surface area contributed by atoms with E-state index in [1.165, 1.54) is 6.07 Å². The number of carbonyl (C=O) groups is 1. The molecule has 0 radical (unpaired) electrons. The van der Waals surface area contributed by atoms with Crippen LogP contribution in [0.25, 0.3) is 0 Å². The molecule has 0 aliphatic carbocycles. The highest BCUT2D eigenvalue weighted by molar-refractivity contribution is 5.92. The first-order valence-corrected chi connectivity index (χ1v) is 7.85. The van der Waals surface area contributed by atoms with Gasteiger partial charge in [0, 0.05) is 38.4 Å². The summed E-state index contributed by atoms with van der Waals surface area (Å²) in [6.07, 6.45) is -2.88. The fraction of sp³-hybridized carbons (Fsp3) is 0.438. The number of aromatic nitrogens is 2. The van der Waals surface area contributed by atoms with Crippen molar-refractivity contribution in [1.29, 1.82) is 0 Å². The van der Waals surface area contributed by atoms with Crippen LogP contribution in [0.5, 0.6) is 0 Å².